The zero-order valence-corrected chi connectivity index (χ0v) is 12.6. The summed E-state index contributed by atoms with van der Waals surface area (Å²) in [6.45, 7) is 1.66. The third kappa shape index (κ3) is 3.24. The van der Waals surface area contributed by atoms with Crippen LogP contribution in [0.4, 0.5) is 4.79 Å². The van der Waals surface area contributed by atoms with Gasteiger partial charge in [-0.15, -0.1) is 5.10 Å². The zero-order chi connectivity index (χ0) is 15.4. The average Bonchev–Trinajstić information content (AvgIpc) is 3.00. The summed E-state index contributed by atoms with van der Waals surface area (Å²) in [7, 11) is 1.84. The van der Waals surface area contributed by atoms with Crippen molar-refractivity contribution in [1.29, 1.82) is 0 Å². The number of tetrazole rings is 1. The molecule has 116 valence electrons. The van der Waals surface area contributed by atoms with Crippen molar-refractivity contribution in [1.82, 2.24) is 25.1 Å². The van der Waals surface area contributed by atoms with E-state index >= 15 is 0 Å². The minimum Gasteiger partial charge on any atom is -0.445 e. The van der Waals surface area contributed by atoms with Gasteiger partial charge in [0.05, 0.1) is 0 Å². The lowest BCUT2D eigenvalue weighted by atomic mass is 9.96. The molecule has 7 heteroatoms. The van der Waals surface area contributed by atoms with Gasteiger partial charge in [0.2, 0.25) is 0 Å². The summed E-state index contributed by atoms with van der Waals surface area (Å²) in [5, 5.41) is 11.6. The maximum absolute atomic E-state index is 12.1. The van der Waals surface area contributed by atoms with Crippen LogP contribution in [0.5, 0.6) is 0 Å². The van der Waals surface area contributed by atoms with Crippen LogP contribution >= 0.6 is 0 Å². The normalized spacial score (nSPS) is 15.8. The number of piperidine rings is 1. The minimum absolute atomic E-state index is 0.251. The molecule has 0 unspecified atom stereocenters. The molecule has 7 nitrogen and oxygen atoms in total. The molecule has 0 radical (unpaired) electrons. The summed E-state index contributed by atoms with van der Waals surface area (Å²) in [5.41, 5.74) is 0.996. The van der Waals surface area contributed by atoms with E-state index in [4.69, 9.17) is 4.74 Å². The van der Waals surface area contributed by atoms with Crippen molar-refractivity contribution in [2.45, 2.75) is 25.4 Å². The van der Waals surface area contributed by atoms with Gasteiger partial charge in [0.1, 0.15) is 6.61 Å². The first-order valence-electron chi connectivity index (χ1n) is 7.42. The molecule has 1 amide bonds. The summed E-state index contributed by atoms with van der Waals surface area (Å²) in [6.07, 6.45) is 1.46. The minimum atomic E-state index is -0.251. The lowest BCUT2D eigenvalue weighted by Crippen LogP contribution is -2.38. The fraction of sp³-hybridized carbons (Fsp3) is 0.467. The summed E-state index contributed by atoms with van der Waals surface area (Å²) < 4.78 is 7.06. The van der Waals surface area contributed by atoms with Crippen molar-refractivity contribution >= 4 is 6.09 Å². The second-order valence-corrected chi connectivity index (χ2v) is 5.46. The first-order chi connectivity index (χ1) is 10.7. The maximum Gasteiger partial charge on any atom is 0.410 e. The van der Waals surface area contributed by atoms with E-state index < -0.39 is 0 Å². The fourth-order valence-corrected chi connectivity index (χ4v) is 2.71. The highest BCUT2D eigenvalue weighted by Crippen LogP contribution is 2.26. The highest BCUT2D eigenvalue weighted by Gasteiger charge is 2.27. The van der Waals surface area contributed by atoms with Crippen molar-refractivity contribution < 1.29 is 9.53 Å². The van der Waals surface area contributed by atoms with Gasteiger partial charge in [0.15, 0.2) is 5.82 Å². The quantitative estimate of drug-likeness (QED) is 0.863. The molecule has 0 N–H and O–H groups in total. The van der Waals surface area contributed by atoms with Crippen molar-refractivity contribution in [3.63, 3.8) is 0 Å². The van der Waals surface area contributed by atoms with Crippen LogP contribution in [0, 0.1) is 0 Å². The largest absolute Gasteiger partial charge is 0.445 e. The molecule has 0 atom stereocenters. The topological polar surface area (TPSA) is 73.1 Å². The Kier molecular flexibility index (Phi) is 4.32. The van der Waals surface area contributed by atoms with Crippen LogP contribution in [-0.2, 0) is 18.4 Å². The Morgan fingerprint density at radius 2 is 2.00 bits per heavy atom. The Hall–Kier alpha value is -2.44. The number of carbonyl (C=O) groups excluding carboxylic acids is 1. The van der Waals surface area contributed by atoms with Crippen molar-refractivity contribution in [2.75, 3.05) is 13.1 Å². The Bertz CT molecular complexity index is 620. The van der Waals surface area contributed by atoms with E-state index in [1.165, 1.54) is 0 Å². The van der Waals surface area contributed by atoms with E-state index in [1.54, 1.807) is 9.58 Å². The molecule has 3 rings (SSSR count). The lowest BCUT2D eigenvalue weighted by Gasteiger charge is -2.30. The molecule has 1 saturated heterocycles. The Morgan fingerprint density at radius 3 is 2.64 bits per heavy atom. The molecule has 22 heavy (non-hydrogen) atoms. The SMILES string of the molecule is Cn1nnnc1C1CCN(C(=O)OCc2ccccc2)CC1. The average molecular weight is 301 g/mol. The predicted molar refractivity (Wildman–Crippen MR) is 79.0 cm³/mol. The van der Waals surface area contributed by atoms with Gasteiger partial charge in [-0.05, 0) is 28.8 Å². The second-order valence-electron chi connectivity index (χ2n) is 5.46. The number of aromatic nitrogens is 4. The van der Waals surface area contributed by atoms with Gasteiger partial charge in [0.25, 0.3) is 0 Å². The lowest BCUT2D eigenvalue weighted by molar-refractivity contribution is 0.0864. The van der Waals surface area contributed by atoms with E-state index in [2.05, 4.69) is 15.5 Å². The first kappa shape index (κ1) is 14.5. The molecular weight excluding hydrogens is 282 g/mol. The molecule has 1 aromatic carbocycles. The van der Waals surface area contributed by atoms with E-state index in [9.17, 15) is 4.79 Å². The van der Waals surface area contributed by atoms with Gasteiger partial charge in [-0.25, -0.2) is 9.48 Å². The number of hydrogen-bond acceptors (Lipinski definition) is 5. The van der Waals surface area contributed by atoms with Crippen LogP contribution in [0.25, 0.3) is 0 Å². The molecule has 0 saturated carbocycles. The third-order valence-electron chi connectivity index (χ3n) is 3.98. The van der Waals surface area contributed by atoms with Crippen molar-refractivity contribution in [3.8, 4) is 0 Å². The van der Waals surface area contributed by atoms with Crippen LogP contribution in [0.1, 0.15) is 30.1 Å². The molecule has 1 aliphatic heterocycles. The van der Waals surface area contributed by atoms with Crippen LogP contribution in [0.3, 0.4) is 0 Å². The zero-order valence-electron chi connectivity index (χ0n) is 12.6. The summed E-state index contributed by atoms with van der Waals surface area (Å²) in [4.78, 5) is 13.8. The van der Waals surface area contributed by atoms with E-state index in [1.807, 2.05) is 37.4 Å². The summed E-state index contributed by atoms with van der Waals surface area (Å²) >= 11 is 0. The van der Waals surface area contributed by atoms with Gasteiger partial charge in [-0.2, -0.15) is 0 Å². The number of amides is 1. The highest BCUT2D eigenvalue weighted by molar-refractivity contribution is 5.67. The predicted octanol–water partition coefficient (Wildman–Crippen LogP) is 1.73. The Morgan fingerprint density at radius 1 is 1.27 bits per heavy atom. The van der Waals surface area contributed by atoms with Crippen LogP contribution < -0.4 is 0 Å². The van der Waals surface area contributed by atoms with Gasteiger partial charge in [-0.3, -0.25) is 0 Å². The molecular formula is C15H19N5O2. The molecule has 0 aliphatic carbocycles. The van der Waals surface area contributed by atoms with Crippen LogP contribution in [0.2, 0.25) is 0 Å². The second kappa shape index (κ2) is 6.55. The molecule has 0 spiro atoms. The maximum atomic E-state index is 12.1. The van der Waals surface area contributed by atoms with Crippen LogP contribution in [0.15, 0.2) is 30.3 Å². The third-order valence-corrected chi connectivity index (χ3v) is 3.98. The number of benzene rings is 1. The molecule has 1 aromatic heterocycles. The number of nitrogens with zero attached hydrogens (tertiary/aromatic N) is 5. The number of hydrogen-bond donors (Lipinski definition) is 0. The molecule has 1 fully saturated rings. The van der Waals surface area contributed by atoms with E-state index in [0.29, 0.717) is 25.6 Å². The van der Waals surface area contributed by atoms with Crippen molar-refractivity contribution in [3.05, 3.63) is 41.7 Å². The fourth-order valence-electron chi connectivity index (χ4n) is 2.71. The van der Waals surface area contributed by atoms with E-state index in [-0.39, 0.29) is 6.09 Å². The number of likely N-dealkylation sites (tertiary alicyclic amines) is 1. The number of ether oxygens (including phenoxy) is 1. The van der Waals surface area contributed by atoms with Gasteiger partial charge >= 0.3 is 6.09 Å². The molecule has 0 bridgehead atoms. The summed E-state index contributed by atoms with van der Waals surface area (Å²) in [5.74, 6) is 1.19. The smallest absolute Gasteiger partial charge is 0.410 e. The molecule has 1 aliphatic rings. The van der Waals surface area contributed by atoms with Crippen molar-refractivity contribution in [2.24, 2.45) is 7.05 Å². The Labute approximate surface area is 128 Å². The molecule has 2 aromatic rings. The van der Waals surface area contributed by atoms with Gasteiger partial charge < -0.3 is 9.64 Å². The van der Waals surface area contributed by atoms with E-state index in [0.717, 1.165) is 24.2 Å². The van der Waals surface area contributed by atoms with Gasteiger partial charge in [0, 0.05) is 26.1 Å². The highest BCUT2D eigenvalue weighted by atomic mass is 16.6. The number of carbonyl (C=O) groups is 1. The standard InChI is InChI=1S/C15H19N5O2/c1-19-14(16-17-18-19)13-7-9-20(10-8-13)15(21)22-11-12-5-3-2-4-6-12/h2-6,13H,7-11H2,1H3. The summed E-state index contributed by atoms with van der Waals surface area (Å²) in [6, 6.07) is 9.70. The first-order valence-corrected chi connectivity index (χ1v) is 7.42. The molecule has 2 heterocycles. The Balaban J connectivity index is 1.49. The monoisotopic (exact) mass is 301 g/mol. The van der Waals surface area contributed by atoms with Gasteiger partial charge in [-0.1, -0.05) is 30.3 Å². The van der Waals surface area contributed by atoms with Crippen LogP contribution in [-0.4, -0.2) is 44.3 Å². The number of rotatable bonds is 3. The number of aryl methyl sites for hydroxylation is 1.